The molecule has 4 heteroatoms. The minimum atomic E-state index is 0.359. The molecule has 2 rings (SSSR count). The molecule has 2 aromatic carbocycles. The van der Waals surface area contributed by atoms with E-state index < -0.39 is 0 Å². The van der Waals surface area contributed by atoms with Crippen LogP contribution >= 0.6 is 24.0 Å². The smallest absolute Gasteiger partial charge is 0.166 e. The van der Waals surface area contributed by atoms with Crippen LogP contribution in [0.3, 0.4) is 0 Å². The van der Waals surface area contributed by atoms with Gasteiger partial charge in [0.15, 0.2) is 5.11 Å². The van der Waals surface area contributed by atoms with Gasteiger partial charge in [-0.05, 0) is 23.3 Å². The van der Waals surface area contributed by atoms with Gasteiger partial charge in [0, 0.05) is 19.3 Å². The molecule has 0 radical (unpaired) electrons. The number of hydrogen-bond donors (Lipinski definition) is 2. The Kier molecular flexibility index (Phi) is 6.57. The molecule has 0 atom stereocenters. The number of benzene rings is 2. The monoisotopic (exact) mass is 316 g/mol. The maximum Gasteiger partial charge on any atom is 0.166 e. The molecule has 2 aromatic rings. The van der Waals surface area contributed by atoms with Crippen LogP contribution in [-0.2, 0) is 0 Å². The minimum Gasteiger partial charge on any atom is -0.366 e. The SMILES string of the molecule is CNC(=S)NCCSC(c1ccccc1)c1ccccc1. The van der Waals surface area contributed by atoms with Crippen molar-refractivity contribution in [2.45, 2.75) is 5.25 Å². The molecule has 0 saturated carbocycles. The minimum absolute atomic E-state index is 0.359. The molecule has 0 unspecified atom stereocenters. The van der Waals surface area contributed by atoms with Gasteiger partial charge in [-0.25, -0.2) is 0 Å². The van der Waals surface area contributed by atoms with Crippen molar-refractivity contribution in [3.63, 3.8) is 0 Å². The molecule has 110 valence electrons. The third kappa shape index (κ3) is 5.06. The number of thioether (sulfide) groups is 1. The zero-order valence-corrected chi connectivity index (χ0v) is 13.7. The summed E-state index contributed by atoms with van der Waals surface area (Å²) in [6, 6.07) is 21.3. The third-order valence-electron chi connectivity index (χ3n) is 3.10. The van der Waals surface area contributed by atoms with Gasteiger partial charge in [-0.1, -0.05) is 60.7 Å². The Labute approximate surface area is 136 Å². The van der Waals surface area contributed by atoms with Crippen LogP contribution in [-0.4, -0.2) is 24.5 Å². The van der Waals surface area contributed by atoms with Crippen LogP contribution < -0.4 is 10.6 Å². The molecule has 0 saturated heterocycles. The molecule has 0 aromatic heterocycles. The third-order valence-corrected chi connectivity index (χ3v) is 4.77. The van der Waals surface area contributed by atoms with Crippen LogP contribution in [0.2, 0.25) is 0 Å². The van der Waals surface area contributed by atoms with E-state index >= 15 is 0 Å². The van der Waals surface area contributed by atoms with E-state index in [9.17, 15) is 0 Å². The standard InChI is InChI=1S/C17H20N2S2/c1-18-17(20)19-12-13-21-16(14-8-4-2-5-9-14)15-10-6-3-7-11-15/h2-11,16H,12-13H2,1H3,(H2,18,19,20). The molecule has 0 amide bonds. The fourth-order valence-electron chi connectivity index (χ4n) is 2.07. The topological polar surface area (TPSA) is 24.1 Å². The molecular formula is C17H20N2S2. The molecule has 0 spiro atoms. The van der Waals surface area contributed by atoms with Crippen LogP contribution in [0.15, 0.2) is 60.7 Å². The lowest BCUT2D eigenvalue weighted by Gasteiger charge is -2.18. The highest BCUT2D eigenvalue weighted by Gasteiger charge is 2.13. The molecule has 0 heterocycles. The van der Waals surface area contributed by atoms with Gasteiger partial charge in [0.1, 0.15) is 0 Å². The van der Waals surface area contributed by atoms with Gasteiger partial charge >= 0.3 is 0 Å². The van der Waals surface area contributed by atoms with Gasteiger partial charge in [0.05, 0.1) is 5.25 Å². The van der Waals surface area contributed by atoms with E-state index in [0.717, 1.165) is 12.3 Å². The van der Waals surface area contributed by atoms with Crippen molar-refractivity contribution in [2.75, 3.05) is 19.3 Å². The summed E-state index contributed by atoms with van der Waals surface area (Å²) in [6.45, 7) is 0.862. The predicted molar refractivity (Wildman–Crippen MR) is 96.8 cm³/mol. The highest BCUT2D eigenvalue weighted by Crippen LogP contribution is 2.34. The van der Waals surface area contributed by atoms with Gasteiger partial charge in [-0.2, -0.15) is 0 Å². The summed E-state index contributed by atoms with van der Waals surface area (Å²) in [7, 11) is 1.83. The molecule has 0 fully saturated rings. The first-order chi connectivity index (χ1) is 10.3. The normalized spacial score (nSPS) is 10.4. The number of rotatable bonds is 6. The van der Waals surface area contributed by atoms with Crippen molar-refractivity contribution in [1.82, 2.24) is 10.6 Å². The first kappa shape index (κ1) is 15.9. The van der Waals surface area contributed by atoms with E-state index in [1.807, 2.05) is 18.8 Å². The largest absolute Gasteiger partial charge is 0.366 e. The summed E-state index contributed by atoms with van der Waals surface area (Å²) < 4.78 is 0. The second-order valence-corrected chi connectivity index (χ2v) is 6.20. The Balaban J connectivity index is 2.02. The van der Waals surface area contributed by atoms with Gasteiger partial charge < -0.3 is 10.6 Å². The van der Waals surface area contributed by atoms with Gasteiger partial charge in [0.2, 0.25) is 0 Å². The Morgan fingerprint density at radius 1 is 1.00 bits per heavy atom. The Morgan fingerprint density at radius 3 is 2.00 bits per heavy atom. The summed E-state index contributed by atoms with van der Waals surface area (Å²) in [4.78, 5) is 0. The zero-order chi connectivity index (χ0) is 14.9. The number of thiocarbonyl (C=S) groups is 1. The lowest BCUT2D eigenvalue weighted by molar-refractivity contribution is 0.940. The maximum atomic E-state index is 5.09. The molecule has 0 aliphatic rings. The molecule has 21 heavy (non-hydrogen) atoms. The summed E-state index contributed by atoms with van der Waals surface area (Å²) >= 11 is 7.02. The summed E-state index contributed by atoms with van der Waals surface area (Å²) in [5.41, 5.74) is 2.68. The summed E-state index contributed by atoms with van der Waals surface area (Å²) in [6.07, 6.45) is 0. The molecule has 0 bridgehead atoms. The fourth-order valence-corrected chi connectivity index (χ4v) is 3.33. The molecule has 2 nitrogen and oxygen atoms in total. The van der Waals surface area contributed by atoms with Gasteiger partial charge in [-0.3, -0.25) is 0 Å². The van der Waals surface area contributed by atoms with E-state index in [2.05, 4.69) is 71.3 Å². The molecular weight excluding hydrogens is 296 g/mol. The number of hydrogen-bond acceptors (Lipinski definition) is 2. The van der Waals surface area contributed by atoms with E-state index in [1.54, 1.807) is 0 Å². The lowest BCUT2D eigenvalue weighted by Crippen LogP contribution is -2.33. The van der Waals surface area contributed by atoms with Gasteiger partial charge in [0.25, 0.3) is 0 Å². The van der Waals surface area contributed by atoms with Crippen LogP contribution in [0.25, 0.3) is 0 Å². The van der Waals surface area contributed by atoms with E-state index in [1.165, 1.54) is 11.1 Å². The second-order valence-electron chi connectivity index (χ2n) is 4.58. The number of nitrogens with one attached hydrogen (secondary N) is 2. The zero-order valence-electron chi connectivity index (χ0n) is 12.1. The molecule has 0 aliphatic heterocycles. The highest BCUT2D eigenvalue weighted by atomic mass is 32.2. The Morgan fingerprint density at radius 2 is 1.52 bits per heavy atom. The molecule has 0 aliphatic carbocycles. The maximum absolute atomic E-state index is 5.09. The van der Waals surface area contributed by atoms with Crippen LogP contribution in [0, 0.1) is 0 Å². The van der Waals surface area contributed by atoms with Gasteiger partial charge in [-0.15, -0.1) is 11.8 Å². The average molecular weight is 316 g/mol. The average Bonchev–Trinajstić information content (AvgIpc) is 2.56. The van der Waals surface area contributed by atoms with Crippen molar-refractivity contribution >= 4 is 29.1 Å². The van der Waals surface area contributed by atoms with E-state index in [0.29, 0.717) is 10.4 Å². The van der Waals surface area contributed by atoms with Crippen LogP contribution in [0.5, 0.6) is 0 Å². The van der Waals surface area contributed by atoms with E-state index in [-0.39, 0.29) is 0 Å². The predicted octanol–water partition coefficient (Wildman–Crippen LogP) is 3.60. The van der Waals surface area contributed by atoms with Crippen molar-refractivity contribution in [3.05, 3.63) is 71.8 Å². The van der Waals surface area contributed by atoms with Crippen molar-refractivity contribution in [1.29, 1.82) is 0 Å². The Bertz CT molecular complexity index is 504. The first-order valence-corrected chi connectivity index (χ1v) is 8.44. The van der Waals surface area contributed by atoms with Crippen molar-refractivity contribution < 1.29 is 0 Å². The molecule has 2 N–H and O–H groups in total. The lowest BCUT2D eigenvalue weighted by atomic mass is 10.0. The second kappa shape index (κ2) is 8.70. The fraction of sp³-hybridized carbons (Fsp3) is 0.235. The summed E-state index contributed by atoms with van der Waals surface area (Å²) in [5.74, 6) is 0.996. The first-order valence-electron chi connectivity index (χ1n) is 6.98. The quantitative estimate of drug-likeness (QED) is 0.628. The van der Waals surface area contributed by atoms with E-state index in [4.69, 9.17) is 12.2 Å². The Hall–Kier alpha value is -1.52. The highest BCUT2D eigenvalue weighted by molar-refractivity contribution is 7.99. The van der Waals surface area contributed by atoms with Crippen molar-refractivity contribution in [2.24, 2.45) is 0 Å². The van der Waals surface area contributed by atoms with Crippen LogP contribution in [0.1, 0.15) is 16.4 Å². The van der Waals surface area contributed by atoms with Crippen molar-refractivity contribution in [3.8, 4) is 0 Å². The van der Waals surface area contributed by atoms with Crippen LogP contribution in [0.4, 0.5) is 0 Å². The summed E-state index contributed by atoms with van der Waals surface area (Å²) in [5, 5.41) is 7.18.